The molecule has 0 aliphatic heterocycles. The Balaban J connectivity index is 2.29. The molecule has 0 saturated heterocycles. The number of carbonyl (C=O) groups is 1. The van der Waals surface area contributed by atoms with Gasteiger partial charge >= 0.3 is 0 Å². The van der Waals surface area contributed by atoms with E-state index >= 15 is 0 Å². The molecule has 0 aromatic carbocycles. The summed E-state index contributed by atoms with van der Waals surface area (Å²) in [6.45, 7) is 0. The highest BCUT2D eigenvalue weighted by Gasteiger charge is 2.06. The first kappa shape index (κ1) is 8.74. The zero-order valence-corrected chi connectivity index (χ0v) is 7.56. The number of nitrogens with two attached hydrogens (primary N) is 1. The van der Waals surface area contributed by atoms with Gasteiger partial charge in [0.05, 0.1) is 6.26 Å². The number of carbonyl (C=O) groups excluding carboxylic acids is 1. The predicted octanol–water partition coefficient (Wildman–Crippen LogP) is 1.25. The lowest BCUT2D eigenvalue weighted by atomic mass is 10.1. The second-order valence-corrected chi connectivity index (χ2v) is 3.08. The molecule has 0 bridgehead atoms. The van der Waals surface area contributed by atoms with Gasteiger partial charge in [-0.15, -0.1) is 0 Å². The lowest BCUT2D eigenvalue weighted by Gasteiger charge is -1.93. The third-order valence-corrected chi connectivity index (χ3v) is 2.07. The van der Waals surface area contributed by atoms with E-state index in [2.05, 4.69) is 4.98 Å². The van der Waals surface area contributed by atoms with Crippen molar-refractivity contribution in [3.63, 3.8) is 0 Å². The van der Waals surface area contributed by atoms with Crippen molar-refractivity contribution in [1.82, 2.24) is 4.98 Å². The Morgan fingerprint density at radius 3 is 3.21 bits per heavy atom. The van der Waals surface area contributed by atoms with Crippen LogP contribution in [-0.2, 0) is 11.2 Å². The zero-order valence-electron chi connectivity index (χ0n) is 7.56. The quantitative estimate of drug-likeness (QED) is 0.791. The molecule has 0 atom stereocenters. The number of nitrogens with zero attached hydrogens (tertiary/aromatic N) is 1. The van der Waals surface area contributed by atoms with Gasteiger partial charge in [0.25, 0.3) is 0 Å². The molecule has 72 valence electrons. The molecule has 0 saturated carbocycles. The molecule has 2 N–H and O–H groups in total. The van der Waals surface area contributed by atoms with E-state index in [1.807, 2.05) is 12.1 Å². The maximum absolute atomic E-state index is 10.6. The highest BCUT2D eigenvalue weighted by atomic mass is 16.3. The first-order chi connectivity index (χ1) is 6.77. The van der Waals surface area contributed by atoms with E-state index in [1.54, 1.807) is 12.5 Å². The van der Waals surface area contributed by atoms with Crippen molar-refractivity contribution in [2.24, 2.45) is 5.73 Å². The molecule has 1 amide bonds. The first-order valence-corrected chi connectivity index (χ1v) is 4.37. The standard InChI is InChI=1S/C10H10N2O2/c11-9(13)4-3-7-6-14-10-8(7)2-1-5-12-10/h1-2,5-6H,3-4H2,(H2,11,13). The average molecular weight is 190 g/mol. The number of furan rings is 1. The fourth-order valence-electron chi connectivity index (χ4n) is 1.37. The highest BCUT2D eigenvalue weighted by Crippen LogP contribution is 2.19. The summed E-state index contributed by atoms with van der Waals surface area (Å²) in [4.78, 5) is 14.7. The summed E-state index contributed by atoms with van der Waals surface area (Å²) in [6.07, 6.45) is 4.24. The van der Waals surface area contributed by atoms with E-state index in [4.69, 9.17) is 10.2 Å². The molecule has 0 spiro atoms. The van der Waals surface area contributed by atoms with Gasteiger partial charge in [-0.25, -0.2) is 4.98 Å². The van der Waals surface area contributed by atoms with Gasteiger partial charge in [-0.3, -0.25) is 4.79 Å². The van der Waals surface area contributed by atoms with E-state index < -0.39 is 0 Å². The summed E-state index contributed by atoms with van der Waals surface area (Å²) in [5.74, 6) is -0.303. The van der Waals surface area contributed by atoms with Crippen molar-refractivity contribution in [1.29, 1.82) is 0 Å². The number of hydrogen-bond acceptors (Lipinski definition) is 3. The SMILES string of the molecule is NC(=O)CCc1coc2ncccc12. The van der Waals surface area contributed by atoms with Gasteiger partial charge in [-0.05, 0) is 18.6 Å². The third-order valence-electron chi connectivity index (χ3n) is 2.07. The van der Waals surface area contributed by atoms with E-state index in [0.717, 1.165) is 10.9 Å². The molecule has 4 nitrogen and oxygen atoms in total. The number of primary amides is 1. The van der Waals surface area contributed by atoms with Crippen LogP contribution >= 0.6 is 0 Å². The summed E-state index contributed by atoms with van der Waals surface area (Å²) >= 11 is 0. The van der Waals surface area contributed by atoms with Crippen LogP contribution in [0, 0.1) is 0 Å². The minimum Gasteiger partial charge on any atom is -0.446 e. The second kappa shape index (κ2) is 3.49. The van der Waals surface area contributed by atoms with Gasteiger partial charge < -0.3 is 10.2 Å². The summed E-state index contributed by atoms with van der Waals surface area (Å²) in [7, 11) is 0. The fourth-order valence-corrected chi connectivity index (χ4v) is 1.37. The molecular formula is C10H10N2O2. The largest absolute Gasteiger partial charge is 0.446 e. The Morgan fingerprint density at radius 1 is 1.57 bits per heavy atom. The lowest BCUT2D eigenvalue weighted by molar-refractivity contribution is -0.117. The molecule has 0 radical (unpaired) electrons. The monoisotopic (exact) mass is 190 g/mol. The molecule has 2 aromatic heterocycles. The van der Waals surface area contributed by atoms with Crippen molar-refractivity contribution < 1.29 is 9.21 Å². The van der Waals surface area contributed by atoms with Crippen LogP contribution in [0.5, 0.6) is 0 Å². The Hall–Kier alpha value is -1.84. The minimum atomic E-state index is -0.303. The average Bonchev–Trinajstić information content (AvgIpc) is 2.58. The number of pyridine rings is 1. The van der Waals surface area contributed by atoms with Crippen LogP contribution in [-0.4, -0.2) is 10.9 Å². The molecule has 0 fully saturated rings. The molecule has 2 aromatic rings. The molecule has 0 aliphatic carbocycles. The Kier molecular flexibility index (Phi) is 2.18. The van der Waals surface area contributed by atoms with Crippen LogP contribution in [0.1, 0.15) is 12.0 Å². The van der Waals surface area contributed by atoms with E-state index in [0.29, 0.717) is 18.6 Å². The number of hydrogen-bond donors (Lipinski definition) is 1. The molecule has 0 aliphatic rings. The van der Waals surface area contributed by atoms with E-state index in [-0.39, 0.29) is 5.91 Å². The number of amides is 1. The molecule has 2 heterocycles. The van der Waals surface area contributed by atoms with Crippen molar-refractivity contribution in [2.75, 3.05) is 0 Å². The van der Waals surface area contributed by atoms with Crippen LogP contribution < -0.4 is 5.73 Å². The maximum atomic E-state index is 10.6. The van der Waals surface area contributed by atoms with E-state index in [9.17, 15) is 4.79 Å². The van der Waals surface area contributed by atoms with Crippen LogP contribution in [0.3, 0.4) is 0 Å². The van der Waals surface area contributed by atoms with Crippen molar-refractivity contribution in [3.05, 3.63) is 30.2 Å². The second-order valence-electron chi connectivity index (χ2n) is 3.08. The predicted molar refractivity (Wildman–Crippen MR) is 51.5 cm³/mol. The number of fused-ring (bicyclic) bond motifs is 1. The summed E-state index contributed by atoms with van der Waals surface area (Å²) in [5.41, 5.74) is 6.65. The third kappa shape index (κ3) is 1.59. The Bertz CT molecular complexity index is 462. The number of rotatable bonds is 3. The molecule has 4 heteroatoms. The normalized spacial score (nSPS) is 10.6. The van der Waals surface area contributed by atoms with Gasteiger partial charge in [-0.2, -0.15) is 0 Å². The summed E-state index contributed by atoms with van der Waals surface area (Å²) in [5, 5.41) is 0.953. The van der Waals surface area contributed by atoms with Gasteiger partial charge in [0.2, 0.25) is 11.6 Å². The smallest absolute Gasteiger partial charge is 0.226 e. The van der Waals surface area contributed by atoms with Crippen LogP contribution in [0.25, 0.3) is 11.1 Å². The summed E-state index contributed by atoms with van der Waals surface area (Å²) in [6, 6.07) is 3.76. The number of aromatic nitrogens is 1. The van der Waals surface area contributed by atoms with Gasteiger partial charge in [0, 0.05) is 23.6 Å². The van der Waals surface area contributed by atoms with Crippen LogP contribution in [0.15, 0.2) is 29.0 Å². The fraction of sp³-hybridized carbons (Fsp3) is 0.200. The molecular weight excluding hydrogens is 180 g/mol. The van der Waals surface area contributed by atoms with Gasteiger partial charge in [0.1, 0.15) is 0 Å². The van der Waals surface area contributed by atoms with E-state index in [1.165, 1.54) is 0 Å². The first-order valence-electron chi connectivity index (χ1n) is 4.37. The lowest BCUT2D eigenvalue weighted by Crippen LogP contribution is -2.10. The Labute approximate surface area is 80.7 Å². The maximum Gasteiger partial charge on any atom is 0.226 e. The van der Waals surface area contributed by atoms with Gasteiger partial charge in [-0.1, -0.05) is 0 Å². The number of aryl methyl sites for hydroxylation is 1. The van der Waals surface area contributed by atoms with Gasteiger partial charge in [0.15, 0.2) is 0 Å². The molecule has 2 rings (SSSR count). The van der Waals surface area contributed by atoms with Crippen molar-refractivity contribution in [3.8, 4) is 0 Å². The Morgan fingerprint density at radius 2 is 2.43 bits per heavy atom. The highest BCUT2D eigenvalue weighted by molar-refractivity contribution is 5.79. The zero-order chi connectivity index (χ0) is 9.97. The van der Waals surface area contributed by atoms with Crippen LogP contribution in [0.4, 0.5) is 0 Å². The minimum absolute atomic E-state index is 0.303. The van der Waals surface area contributed by atoms with Crippen molar-refractivity contribution in [2.45, 2.75) is 12.8 Å². The summed E-state index contributed by atoms with van der Waals surface area (Å²) < 4.78 is 5.22. The molecule has 0 unspecified atom stereocenters. The van der Waals surface area contributed by atoms with Crippen LogP contribution in [0.2, 0.25) is 0 Å². The topological polar surface area (TPSA) is 69.1 Å². The van der Waals surface area contributed by atoms with Crippen molar-refractivity contribution >= 4 is 17.0 Å². The molecule has 14 heavy (non-hydrogen) atoms.